The Labute approximate surface area is 472 Å². The van der Waals surface area contributed by atoms with Crippen molar-refractivity contribution in [3.8, 4) is 0 Å². The van der Waals surface area contributed by atoms with Crippen molar-refractivity contribution in [2.45, 2.75) is 354 Å². The van der Waals surface area contributed by atoms with Gasteiger partial charge in [0.05, 0.1) is 0 Å². The quantitative estimate of drug-likeness (QED) is 0.0261. The van der Waals surface area contributed by atoms with Gasteiger partial charge in [-0.2, -0.15) is 0 Å². The van der Waals surface area contributed by atoms with Crippen LogP contribution < -0.4 is 0 Å². The van der Waals surface area contributed by atoms with E-state index in [1.165, 1.54) is 212 Å². The summed E-state index contributed by atoms with van der Waals surface area (Å²) in [6.45, 7) is 6.62. The van der Waals surface area contributed by atoms with Crippen molar-refractivity contribution in [1.29, 1.82) is 0 Å². The molecule has 0 aromatic carbocycles. The molecule has 1 unspecified atom stereocenters. The summed E-state index contributed by atoms with van der Waals surface area (Å²) >= 11 is 0. The Morgan fingerprint density at radius 3 is 0.776 bits per heavy atom. The second-order valence-corrected chi connectivity index (χ2v) is 22.4. The largest absolute Gasteiger partial charge is 0.462 e. The van der Waals surface area contributed by atoms with E-state index in [0.29, 0.717) is 19.3 Å². The number of ether oxygens (including phenoxy) is 3. The first-order valence-electron chi connectivity index (χ1n) is 33.3. The molecule has 0 aliphatic carbocycles. The zero-order chi connectivity index (χ0) is 55.0. The fourth-order valence-corrected chi connectivity index (χ4v) is 9.70. The fraction of sp³-hybridized carbons (Fsp3) is 0.814. The molecule has 1 atom stereocenters. The van der Waals surface area contributed by atoms with Gasteiger partial charge in [-0.25, -0.2) is 0 Å². The van der Waals surface area contributed by atoms with Crippen LogP contribution in [0, 0.1) is 0 Å². The molecule has 0 amide bonds. The molecule has 0 spiro atoms. The SMILES string of the molecule is CCCC/C=C\C/C=C\CCCCCCCC(=O)OC(COC(=O)CCCCCCCCCCCCCCC)COC(=O)CCCCCCCCCCCCCCCCCC/C=C\C/C=C\C/C=C\CCCCCCC. The Bertz CT molecular complexity index is 1360. The summed E-state index contributed by atoms with van der Waals surface area (Å²) in [6.07, 6.45) is 82.4. The van der Waals surface area contributed by atoms with Crippen LogP contribution in [0.15, 0.2) is 60.8 Å². The van der Waals surface area contributed by atoms with Crippen LogP contribution in [0.3, 0.4) is 0 Å². The molecule has 0 saturated heterocycles. The van der Waals surface area contributed by atoms with Crippen molar-refractivity contribution < 1.29 is 28.6 Å². The highest BCUT2D eigenvalue weighted by Crippen LogP contribution is 2.17. The van der Waals surface area contributed by atoms with Crippen molar-refractivity contribution in [3.05, 3.63) is 60.8 Å². The summed E-state index contributed by atoms with van der Waals surface area (Å²) in [5.74, 6) is -0.871. The molecule has 0 aromatic rings. The molecular weight excluding hydrogens is 937 g/mol. The molecule has 0 fully saturated rings. The average molecular weight is 1060 g/mol. The molecule has 0 heterocycles. The van der Waals surface area contributed by atoms with Gasteiger partial charge in [0.1, 0.15) is 13.2 Å². The molecule has 0 bridgehead atoms. The predicted molar refractivity (Wildman–Crippen MR) is 330 cm³/mol. The number of unbranched alkanes of at least 4 members (excludes halogenated alkanes) is 40. The van der Waals surface area contributed by atoms with Crippen molar-refractivity contribution in [2.24, 2.45) is 0 Å². The first-order chi connectivity index (χ1) is 37.5. The third kappa shape index (κ3) is 62.0. The van der Waals surface area contributed by atoms with Crippen LogP contribution in [0.4, 0.5) is 0 Å². The Morgan fingerprint density at radius 2 is 0.487 bits per heavy atom. The van der Waals surface area contributed by atoms with Gasteiger partial charge >= 0.3 is 17.9 Å². The Kier molecular flexibility index (Phi) is 62.2. The van der Waals surface area contributed by atoms with Crippen LogP contribution >= 0.6 is 0 Å². The number of hydrogen-bond acceptors (Lipinski definition) is 6. The Balaban J connectivity index is 4.15. The standard InChI is InChI=1S/C70H126O6/c1-4-7-10-13-16-19-22-25-27-28-29-30-31-32-33-34-35-36-37-38-39-40-41-42-43-46-48-51-54-57-60-63-69(72)75-66-67(65-74-68(71)62-59-56-53-50-47-44-24-21-18-15-12-9-6-3)76-70(73)64-61-58-55-52-49-45-26-23-20-17-14-11-8-5-2/h14,17,22-23,25-26,28-29,31-32,67H,4-13,15-16,18-21,24,27,30,33-66H2,1-3H3/b17-14-,25-22-,26-23-,29-28-,32-31-. The number of carbonyl (C=O) groups is 3. The molecule has 0 aliphatic heterocycles. The minimum Gasteiger partial charge on any atom is -0.462 e. The van der Waals surface area contributed by atoms with Gasteiger partial charge in [0, 0.05) is 19.3 Å². The average Bonchev–Trinajstić information content (AvgIpc) is 3.42. The lowest BCUT2D eigenvalue weighted by atomic mass is 10.0. The van der Waals surface area contributed by atoms with Crippen molar-refractivity contribution in [3.63, 3.8) is 0 Å². The number of rotatable bonds is 61. The number of allylic oxidation sites excluding steroid dienone is 10. The molecule has 6 heteroatoms. The lowest BCUT2D eigenvalue weighted by Gasteiger charge is -2.18. The number of carbonyl (C=O) groups excluding carboxylic acids is 3. The summed E-state index contributed by atoms with van der Waals surface area (Å²) < 4.78 is 16.9. The lowest BCUT2D eigenvalue weighted by Crippen LogP contribution is -2.30. The van der Waals surface area contributed by atoms with Gasteiger partial charge < -0.3 is 14.2 Å². The molecule has 0 rings (SSSR count). The Hall–Kier alpha value is -2.89. The third-order valence-electron chi connectivity index (χ3n) is 14.7. The lowest BCUT2D eigenvalue weighted by molar-refractivity contribution is -0.167. The predicted octanol–water partition coefficient (Wildman–Crippen LogP) is 22.7. The van der Waals surface area contributed by atoms with Gasteiger partial charge in [0.15, 0.2) is 6.10 Å². The fourth-order valence-electron chi connectivity index (χ4n) is 9.70. The van der Waals surface area contributed by atoms with Crippen LogP contribution in [0.2, 0.25) is 0 Å². The van der Waals surface area contributed by atoms with E-state index in [1.54, 1.807) is 0 Å². The third-order valence-corrected chi connectivity index (χ3v) is 14.7. The van der Waals surface area contributed by atoms with Crippen molar-refractivity contribution >= 4 is 17.9 Å². The zero-order valence-electron chi connectivity index (χ0n) is 50.8. The van der Waals surface area contributed by atoms with Crippen LogP contribution in [-0.2, 0) is 28.6 Å². The zero-order valence-corrected chi connectivity index (χ0v) is 50.8. The van der Waals surface area contributed by atoms with Gasteiger partial charge in [0.2, 0.25) is 0 Å². The highest BCUT2D eigenvalue weighted by molar-refractivity contribution is 5.71. The van der Waals surface area contributed by atoms with Crippen molar-refractivity contribution in [2.75, 3.05) is 13.2 Å². The maximum Gasteiger partial charge on any atom is 0.306 e. The van der Waals surface area contributed by atoms with Crippen molar-refractivity contribution in [1.82, 2.24) is 0 Å². The second-order valence-electron chi connectivity index (χ2n) is 22.4. The smallest absolute Gasteiger partial charge is 0.306 e. The monoisotopic (exact) mass is 1060 g/mol. The summed E-state index contributed by atoms with van der Waals surface area (Å²) in [7, 11) is 0. The molecule has 0 aliphatic rings. The molecule has 76 heavy (non-hydrogen) atoms. The number of hydrogen-bond donors (Lipinski definition) is 0. The maximum atomic E-state index is 12.9. The Morgan fingerprint density at radius 1 is 0.263 bits per heavy atom. The van der Waals surface area contributed by atoms with E-state index >= 15 is 0 Å². The first kappa shape index (κ1) is 73.1. The summed E-state index contributed by atoms with van der Waals surface area (Å²) in [6, 6.07) is 0. The van der Waals surface area contributed by atoms with Gasteiger partial charge in [-0.15, -0.1) is 0 Å². The number of esters is 3. The maximum absolute atomic E-state index is 12.9. The highest BCUT2D eigenvalue weighted by atomic mass is 16.6. The van der Waals surface area contributed by atoms with Gasteiger partial charge in [-0.05, 0) is 83.5 Å². The normalized spacial score (nSPS) is 12.4. The summed E-state index contributed by atoms with van der Waals surface area (Å²) in [5, 5.41) is 0. The van der Waals surface area contributed by atoms with Crippen LogP contribution in [0.1, 0.15) is 348 Å². The van der Waals surface area contributed by atoms with Crippen LogP contribution in [0.25, 0.3) is 0 Å². The summed E-state index contributed by atoms with van der Waals surface area (Å²) in [4.78, 5) is 38.2. The molecule has 0 saturated carbocycles. The van der Waals surface area contributed by atoms with E-state index in [1.807, 2.05) is 0 Å². The molecule has 0 N–H and O–H groups in total. The topological polar surface area (TPSA) is 78.9 Å². The minimum absolute atomic E-state index is 0.0755. The van der Waals surface area contributed by atoms with E-state index < -0.39 is 6.10 Å². The molecule has 442 valence electrons. The van der Waals surface area contributed by atoms with E-state index in [4.69, 9.17) is 14.2 Å². The van der Waals surface area contributed by atoms with Gasteiger partial charge in [0.25, 0.3) is 0 Å². The van der Waals surface area contributed by atoms with Crippen LogP contribution in [0.5, 0.6) is 0 Å². The second kappa shape index (κ2) is 64.6. The van der Waals surface area contributed by atoms with Gasteiger partial charge in [-0.3, -0.25) is 14.4 Å². The molecule has 0 radical (unpaired) electrons. The van der Waals surface area contributed by atoms with E-state index in [-0.39, 0.29) is 31.1 Å². The minimum atomic E-state index is -0.779. The highest BCUT2D eigenvalue weighted by Gasteiger charge is 2.19. The summed E-state index contributed by atoms with van der Waals surface area (Å²) in [5.41, 5.74) is 0. The van der Waals surface area contributed by atoms with E-state index in [2.05, 4.69) is 81.5 Å². The first-order valence-corrected chi connectivity index (χ1v) is 33.3. The molecule has 6 nitrogen and oxygen atoms in total. The molecular formula is C70H126O6. The van der Waals surface area contributed by atoms with E-state index in [9.17, 15) is 14.4 Å². The van der Waals surface area contributed by atoms with E-state index in [0.717, 1.165) is 96.3 Å². The molecule has 0 aromatic heterocycles. The van der Waals surface area contributed by atoms with Crippen LogP contribution in [-0.4, -0.2) is 37.2 Å². The van der Waals surface area contributed by atoms with Gasteiger partial charge in [-0.1, -0.05) is 306 Å².